The molecule has 0 aromatic rings. The van der Waals surface area contributed by atoms with Crippen LogP contribution < -0.4 is 0 Å². The van der Waals surface area contributed by atoms with Gasteiger partial charge in [-0.2, -0.15) is 0 Å². The maximum absolute atomic E-state index is 6.02. The van der Waals surface area contributed by atoms with Crippen molar-refractivity contribution in [1.82, 2.24) is 0 Å². The predicted octanol–water partition coefficient (Wildman–Crippen LogP) is 3.85. The van der Waals surface area contributed by atoms with Crippen LogP contribution in [0.25, 0.3) is 0 Å². The van der Waals surface area contributed by atoms with Gasteiger partial charge in [0.15, 0.2) is 0 Å². The van der Waals surface area contributed by atoms with E-state index in [1.165, 1.54) is 38.5 Å². The highest BCUT2D eigenvalue weighted by Crippen LogP contribution is 2.34. The Bertz CT molecular complexity index is 132. The molecular weight excluding hydrogens is 196 g/mol. The minimum atomic E-state index is 0.750. The van der Waals surface area contributed by atoms with Gasteiger partial charge in [-0.15, -0.1) is 11.6 Å². The van der Waals surface area contributed by atoms with E-state index >= 15 is 0 Å². The van der Waals surface area contributed by atoms with Crippen LogP contribution in [0.3, 0.4) is 0 Å². The molecule has 0 aromatic heterocycles. The lowest BCUT2D eigenvalue weighted by Gasteiger charge is -2.20. The van der Waals surface area contributed by atoms with Gasteiger partial charge in [0, 0.05) is 19.1 Å². The molecule has 1 rings (SSSR count). The van der Waals surface area contributed by atoms with Gasteiger partial charge in [0.25, 0.3) is 0 Å². The maximum atomic E-state index is 6.02. The second kappa shape index (κ2) is 7.53. The normalized spacial score (nSPS) is 20.1. The van der Waals surface area contributed by atoms with E-state index in [2.05, 4.69) is 6.92 Å². The van der Waals surface area contributed by atoms with Gasteiger partial charge < -0.3 is 4.74 Å². The third-order valence-corrected chi connectivity index (χ3v) is 3.73. The fourth-order valence-electron chi connectivity index (χ4n) is 2.46. The molecule has 14 heavy (non-hydrogen) atoms. The van der Waals surface area contributed by atoms with Crippen molar-refractivity contribution in [2.75, 3.05) is 19.1 Å². The van der Waals surface area contributed by atoms with Crippen LogP contribution in [0.5, 0.6) is 0 Å². The smallest absolute Gasteiger partial charge is 0.0466 e. The van der Waals surface area contributed by atoms with Gasteiger partial charge in [0.2, 0.25) is 0 Å². The molecular formula is C12H23ClO. The lowest BCUT2D eigenvalue weighted by atomic mass is 9.89. The summed E-state index contributed by atoms with van der Waals surface area (Å²) in [6.07, 6.45) is 8.10. The molecule has 1 fully saturated rings. The van der Waals surface area contributed by atoms with Gasteiger partial charge in [-0.25, -0.2) is 0 Å². The Morgan fingerprint density at radius 3 is 2.64 bits per heavy atom. The molecule has 1 aliphatic carbocycles. The van der Waals surface area contributed by atoms with Gasteiger partial charge >= 0.3 is 0 Å². The quantitative estimate of drug-likeness (QED) is 0.466. The van der Waals surface area contributed by atoms with E-state index in [4.69, 9.17) is 16.3 Å². The summed E-state index contributed by atoms with van der Waals surface area (Å²) in [5, 5.41) is 0. The Morgan fingerprint density at radius 2 is 2.07 bits per heavy atom. The summed E-state index contributed by atoms with van der Waals surface area (Å²) >= 11 is 6.02. The summed E-state index contributed by atoms with van der Waals surface area (Å²) in [5.41, 5.74) is 0. The zero-order chi connectivity index (χ0) is 10.2. The van der Waals surface area contributed by atoms with E-state index in [9.17, 15) is 0 Å². The molecule has 1 aliphatic rings. The zero-order valence-corrected chi connectivity index (χ0v) is 10.1. The molecule has 0 spiro atoms. The first kappa shape index (κ1) is 12.3. The first-order valence-electron chi connectivity index (χ1n) is 6.02. The average molecular weight is 219 g/mol. The Balaban J connectivity index is 2.11. The highest BCUT2D eigenvalue weighted by molar-refractivity contribution is 6.18. The first-order chi connectivity index (χ1) is 6.88. The van der Waals surface area contributed by atoms with Crippen molar-refractivity contribution in [1.29, 1.82) is 0 Å². The fraction of sp³-hybridized carbons (Fsp3) is 1.00. The highest BCUT2D eigenvalue weighted by Gasteiger charge is 2.23. The molecule has 1 nitrogen and oxygen atoms in total. The number of alkyl halides is 1. The number of rotatable bonds is 7. The second-order valence-electron chi connectivity index (χ2n) is 4.30. The molecule has 84 valence electrons. The summed E-state index contributed by atoms with van der Waals surface area (Å²) < 4.78 is 5.35. The van der Waals surface area contributed by atoms with Crippen molar-refractivity contribution in [3.05, 3.63) is 0 Å². The Kier molecular flexibility index (Phi) is 6.63. The Hall–Kier alpha value is 0.250. The Labute approximate surface area is 93.2 Å². The van der Waals surface area contributed by atoms with Crippen LogP contribution in [-0.4, -0.2) is 19.1 Å². The number of ether oxygens (including phenoxy) is 1. The van der Waals surface area contributed by atoms with E-state index in [1.807, 2.05) is 0 Å². The molecule has 2 heteroatoms. The van der Waals surface area contributed by atoms with Gasteiger partial charge in [-0.1, -0.05) is 25.7 Å². The largest absolute Gasteiger partial charge is 0.382 e. The number of hydrogen-bond donors (Lipinski definition) is 0. The van der Waals surface area contributed by atoms with Crippen LogP contribution in [0.4, 0.5) is 0 Å². The van der Waals surface area contributed by atoms with Crippen LogP contribution in [0, 0.1) is 11.8 Å². The predicted molar refractivity (Wildman–Crippen MR) is 61.9 cm³/mol. The van der Waals surface area contributed by atoms with Crippen molar-refractivity contribution in [2.24, 2.45) is 11.8 Å². The monoisotopic (exact) mass is 218 g/mol. The highest BCUT2D eigenvalue weighted by atomic mass is 35.5. The molecule has 0 N–H and O–H groups in total. The fourth-order valence-corrected chi connectivity index (χ4v) is 2.87. The van der Waals surface area contributed by atoms with Crippen molar-refractivity contribution in [3.8, 4) is 0 Å². The Morgan fingerprint density at radius 1 is 1.36 bits per heavy atom. The molecule has 0 bridgehead atoms. The van der Waals surface area contributed by atoms with Crippen LogP contribution in [-0.2, 0) is 4.74 Å². The molecule has 1 unspecified atom stereocenters. The van der Waals surface area contributed by atoms with Crippen LogP contribution in [0.15, 0.2) is 0 Å². The summed E-state index contributed by atoms with van der Waals surface area (Å²) in [5.74, 6) is 2.50. The molecule has 0 radical (unpaired) electrons. The molecule has 0 amide bonds. The summed E-state index contributed by atoms with van der Waals surface area (Å²) in [6, 6.07) is 0. The lowest BCUT2D eigenvalue weighted by Crippen LogP contribution is -2.14. The third kappa shape index (κ3) is 4.18. The summed E-state index contributed by atoms with van der Waals surface area (Å²) in [6.45, 7) is 3.81. The van der Waals surface area contributed by atoms with Crippen LogP contribution >= 0.6 is 11.6 Å². The van der Waals surface area contributed by atoms with E-state index in [1.54, 1.807) is 0 Å². The van der Waals surface area contributed by atoms with Crippen LogP contribution in [0.2, 0.25) is 0 Å². The van der Waals surface area contributed by atoms with Gasteiger partial charge in [-0.3, -0.25) is 0 Å². The first-order valence-corrected chi connectivity index (χ1v) is 6.55. The van der Waals surface area contributed by atoms with Crippen molar-refractivity contribution < 1.29 is 4.74 Å². The van der Waals surface area contributed by atoms with Gasteiger partial charge in [0.1, 0.15) is 0 Å². The number of halogens is 1. The molecule has 0 saturated heterocycles. The average Bonchev–Trinajstić information content (AvgIpc) is 2.71. The zero-order valence-electron chi connectivity index (χ0n) is 9.30. The van der Waals surface area contributed by atoms with E-state index in [-0.39, 0.29) is 0 Å². The third-order valence-electron chi connectivity index (χ3n) is 3.33. The SMILES string of the molecule is CCOCCCC(CCl)C1CCCC1. The maximum Gasteiger partial charge on any atom is 0.0466 e. The molecule has 0 aromatic carbocycles. The topological polar surface area (TPSA) is 9.23 Å². The van der Waals surface area contributed by atoms with E-state index in [0.29, 0.717) is 0 Å². The lowest BCUT2D eigenvalue weighted by molar-refractivity contribution is 0.137. The molecule has 0 aliphatic heterocycles. The summed E-state index contributed by atoms with van der Waals surface area (Å²) in [7, 11) is 0. The van der Waals surface area contributed by atoms with Crippen molar-refractivity contribution >= 4 is 11.6 Å². The second-order valence-corrected chi connectivity index (χ2v) is 4.61. The van der Waals surface area contributed by atoms with Crippen molar-refractivity contribution in [3.63, 3.8) is 0 Å². The molecule has 0 heterocycles. The minimum absolute atomic E-state index is 0.750. The number of hydrogen-bond acceptors (Lipinski definition) is 1. The molecule has 1 atom stereocenters. The van der Waals surface area contributed by atoms with Gasteiger partial charge in [0.05, 0.1) is 0 Å². The summed E-state index contributed by atoms with van der Waals surface area (Å²) in [4.78, 5) is 0. The standard InChI is InChI=1S/C12H23ClO/c1-2-14-9-5-8-12(10-13)11-6-3-4-7-11/h11-12H,2-10H2,1H3. The molecule has 1 saturated carbocycles. The van der Waals surface area contributed by atoms with Crippen molar-refractivity contribution in [2.45, 2.75) is 45.4 Å². The van der Waals surface area contributed by atoms with Crippen LogP contribution in [0.1, 0.15) is 45.4 Å². The van der Waals surface area contributed by atoms with E-state index < -0.39 is 0 Å². The minimum Gasteiger partial charge on any atom is -0.382 e. The van der Waals surface area contributed by atoms with Gasteiger partial charge in [-0.05, 0) is 31.6 Å². The van der Waals surface area contributed by atoms with E-state index in [0.717, 1.165) is 30.9 Å².